The molecule has 0 unspecified atom stereocenters. The Morgan fingerprint density at radius 1 is 1.00 bits per heavy atom. The van der Waals surface area contributed by atoms with Crippen LogP contribution in [0.4, 0.5) is 5.69 Å². The number of likely N-dealkylation sites (tertiary alicyclic amines) is 1. The summed E-state index contributed by atoms with van der Waals surface area (Å²) < 4.78 is 10.9. The summed E-state index contributed by atoms with van der Waals surface area (Å²) in [6, 6.07) is 12.2. The van der Waals surface area contributed by atoms with Gasteiger partial charge in [0.2, 0.25) is 6.79 Å². The number of phenolic OH excluding ortho intramolecular Hbond substituents is 1. The summed E-state index contributed by atoms with van der Waals surface area (Å²) in [5.41, 5.74) is 3.23. The van der Waals surface area contributed by atoms with Crippen LogP contribution in [0.15, 0.2) is 36.4 Å². The molecule has 0 saturated carbocycles. The molecule has 5 nitrogen and oxygen atoms in total. The molecule has 25 heavy (non-hydrogen) atoms. The van der Waals surface area contributed by atoms with Gasteiger partial charge in [-0.1, -0.05) is 12.1 Å². The Hall–Kier alpha value is -2.40. The standard InChI is InChI=1S/C20H24N2O3/c1-21(2)15-7-5-14(6-8-15)20(22-9-3-4-10-22)16-11-18-19(12-17(16)23)25-13-24-18/h5-8,11-12,20,23H,3-4,9-10,13H2,1-2H3/t20-/m1/s1. The fourth-order valence-electron chi connectivity index (χ4n) is 3.71. The predicted molar refractivity (Wildman–Crippen MR) is 97.6 cm³/mol. The predicted octanol–water partition coefficient (Wildman–Crippen LogP) is 3.37. The topological polar surface area (TPSA) is 45.2 Å². The highest BCUT2D eigenvalue weighted by atomic mass is 16.7. The Morgan fingerprint density at radius 3 is 2.28 bits per heavy atom. The van der Waals surface area contributed by atoms with Gasteiger partial charge in [0.15, 0.2) is 11.5 Å². The summed E-state index contributed by atoms with van der Waals surface area (Å²) in [5, 5.41) is 10.6. The van der Waals surface area contributed by atoms with E-state index < -0.39 is 0 Å². The first-order valence-electron chi connectivity index (χ1n) is 8.77. The van der Waals surface area contributed by atoms with Gasteiger partial charge in [0, 0.05) is 31.4 Å². The second-order valence-electron chi connectivity index (χ2n) is 6.90. The largest absolute Gasteiger partial charge is 0.507 e. The lowest BCUT2D eigenvalue weighted by Gasteiger charge is -2.29. The maximum Gasteiger partial charge on any atom is 0.231 e. The number of anilines is 1. The van der Waals surface area contributed by atoms with Gasteiger partial charge < -0.3 is 19.5 Å². The molecule has 5 heteroatoms. The van der Waals surface area contributed by atoms with Crippen LogP contribution in [-0.4, -0.2) is 44.0 Å². The highest BCUT2D eigenvalue weighted by molar-refractivity contribution is 5.55. The third kappa shape index (κ3) is 3.00. The van der Waals surface area contributed by atoms with Gasteiger partial charge >= 0.3 is 0 Å². The molecule has 0 aromatic heterocycles. The Kier molecular flexibility index (Phi) is 4.17. The zero-order chi connectivity index (χ0) is 17.4. The first-order chi connectivity index (χ1) is 12.1. The van der Waals surface area contributed by atoms with Crippen LogP contribution in [-0.2, 0) is 0 Å². The van der Waals surface area contributed by atoms with E-state index in [4.69, 9.17) is 9.47 Å². The van der Waals surface area contributed by atoms with Crippen LogP contribution in [0.5, 0.6) is 17.2 Å². The number of hydrogen-bond acceptors (Lipinski definition) is 5. The average Bonchev–Trinajstić information content (AvgIpc) is 3.27. The van der Waals surface area contributed by atoms with Crippen molar-refractivity contribution in [3.63, 3.8) is 0 Å². The molecule has 2 aliphatic rings. The number of benzene rings is 2. The molecule has 2 aromatic rings. The highest BCUT2D eigenvalue weighted by Gasteiger charge is 2.29. The van der Waals surface area contributed by atoms with Crippen molar-refractivity contribution < 1.29 is 14.6 Å². The molecule has 4 rings (SSSR count). The van der Waals surface area contributed by atoms with E-state index in [1.165, 1.54) is 24.1 Å². The van der Waals surface area contributed by atoms with Gasteiger partial charge in [-0.25, -0.2) is 0 Å². The summed E-state index contributed by atoms with van der Waals surface area (Å²) in [7, 11) is 4.08. The lowest BCUT2D eigenvalue weighted by molar-refractivity contribution is 0.173. The van der Waals surface area contributed by atoms with Gasteiger partial charge in [-0.15, -0.1) is 0 Å². The van der Waals surface area contributed by atoms with E-state index in [0.29, 0.717) is 11.5 Å². The molecule has 0 aliphatic carbocycles. The summed E-state index contributed by atoms with van der Waals surface area (Å²) in [5.74, 6) is 1.59. The first kappa shape index (κ1) is 16.1. The minimum absolute atomic E-state index is 0.0215. The zero-order valence-corrected chi connectivity index (χ0v) is 14.7. The van der Waals surface area contributed by atoms with E-state index in [1.807, 2.05) is 20.2 Å². The van der Waals surface area contributed by atoms with Crippen molar-refractivity contribution in [2.45, 2.75) is 18.9 Å². The molecule has 0 bridgehead atoms. The first-order valence-corrected chi connectivity index (χ1v) is 8.77. The quantitative estimate of drug-likeness (QED) is 0.924. The molecule has 1 fully saturated rings. The third-order valence-electron chi connectivity index (χ3n) is 5.05. The van der Waals surface area contributed by atoms with Gasteiger partial charge in [0.1, 0.15) is 5.75 Å². The lowest BCUT2D eigenvalue weighted by atomic mass is 9.95. The maximum absolute atomic E-state index is 10.6. The minimum Gasteiger partial charge on any atom is -0.507 e. The van der Waals surface area contributed by atoms with Crippen LogP contribution in [0.2, 0.25) is 0 Å². The van der Waals surface area contributed by atoms with Crippen molar-refractivity contribution in [1.29, 1.82) is 0 Å². The molecule has 1 saturated heterocycles. The van der Waals surface area contributed by atoms with Crippen LogP contribution < -0.4 is 14.4 Å². The van der Waals surface area contributed by atoms with Crippen molar-refractivity contribution >= 4 is 5.69 Å². The summed E-state index contributed by atoms with van der Waals surface area (Å²) in [6.07, 6.45) is 2.38. The molecular formula is C20H24N2O3. The summed E-state index contributed by atoms with van der Waals surface area (Å²) in [6.45, 7) is 2.28. The highest BCUT2D eigenvalue weighted by Crippen LogP contribution is 2.44. The molecule has 0 radical (unpaired) electrons. The monoisotopic (exact) mass is 340 g/mol. The fraction of sp³-hybridized carbons (Fsp3) is 0.400. The molecule has 0 spiro atoms. The van der Waals surface area contributed by atoms with Crippen molar-refractivity contribution in [2.75, 3.05) is 38.9 Å². The Bertz CT molecular complexity index is 752. The molecule has 1 N–H and O–H groups in total. The van der Waals surface area contributed by atoms with Crippen molar-refractivity contribution in [3.8, 4) is 17.2 Å². The average molecular weight is 340 g/mol. The maximum atomic E-state index is 10.6. The van der Waals surface area contributed by atoms with Crippen molar-refractivity contribution in [2.24, 2.45) is 0 Å². The Morgan fingerprint density at radius 2 is 1.64 bits per heavy atom. The third-order valence-corrected chi connectivity index (χ3v) is 5.05. The van der Waals surface area contributed by atoms with E-state index in [0.717, 1.165) is 18.7 Å². The summed E-state index contributed by atoms with van der Waals surface area (Å²) >= 11 is 0. The number of phenols is 1. The van der Waals surface area contributed by atoms with Crippen LogP contribution in [0.1, 0.15) is 30.0 Å². The number of ether oxygens (including phenoxy) is 2. The van der Waals surface area contributed by atoms with Crippen LogP contribution in [0.3, 0.4) is 0 Å². The Balaban J connectivity index is 1.76. The van der Waals surface area contributed by atoms with E-state index in [-0.39, 0.29) is 18.6 Å². The minimum atomic E-state index is 0.0215. The SMILES string of the molecule is CN(C)c1ccc([C@H](c2cc3c(cc2O)OCO3)N2CCCC2)cc1. The molecule has 1 atom stereocenters. The number of rotatable bonds is 4. The normalized spacial score (nSPS) is 17.7. The van der Waals surface area contributed by atoms with Crippen LogP contribution >= 0.6 is 0 Å². The van der Waals surface area contributed by atoms with Crippen molar-refractivity contribution in [1.82, 2.24) is 4.90 Å². The molecule has 132 valence electrons. The smallest absolute Gasteiger partial charge is 0.231 e. The fourth-order valence-corrected chi connectivity index (χ4v) is 3.71. The van der Waals surface area contributed by atoms with Crippen LogP contribution in [0, 0.1) is 0 Å². The van der Waals surface area contributed by atoms with E-state index >= 15 is 0 Å². The molecule has 0 amide bonds. The number of nitrogens with zero attached hydrogens (tertiary/aromatic N) is 2. The number of aromatic hydroxyl groups is 1. The van der Waals surface area contributed by atoms with Gasteiger partial charge in [-0.3, -0.25) is 4.90 Å². The Labute approximate surface area is 148 Å². The number of hydrogen-bond donors (Lipinski definition) is 1. The van der Waals surface area contributed by atoms with E-state index in [1.54, 1.807) is 6.07 Å². The molecule has 2 aliphatic heterocycles. The lowest BCUT2D eigenvalue weighted by Crippen LogP contribution is -2.26. The zero-order valence-electron chi connectivity index (χ0n) is 14.7. The second-order valence-corrected chi connectivity index (χ2v) is 6.90. The van der Waals surface area contributed by atoms with E-state index in [9.17, 15) is 5.11 Å². The number of fused-ring (bicyclic) bond motifs is 1. The van der Waals surface area contributed by atoms with E-state index in [2.05, 4.69) is 34.1 Å². The van der Waals surface area contributed by atoms with Gasteiger partial charge in [-0.2, -0.15) is 0 Å². The molecule has 2 heterocycles. The molecule has 2 aromatic carbocycles. The van der Waals surface area contributed by atoms with Gasteiger partial charge in [0.25, 0.3) is 0 Å². The van der Waals surface area contributed by atoms with Crippen molar-refractivity contribution in [3.05, 3.63) is 47.5 Å². The van der Waals surface area contributed by atoms with Crippen LogP contribution in [0.25, 0.3) is 0 Å². The summed E-state index contributed by atoms with van der Waals surface area (Å²) in [4.78, 5) is 4.52. The van der Waals surface area contributed by atoms with Gasteiger partial charge in [0.05, 0.1) is 6.04 Å². The second kappa shape index (κ2) is 6.48. The van der Waals surface area contributed by atoms with Gasteiger partial charge in [-0.05, 0) is 49.7 Å². The molecular weight excluding hydrogens is 316 g/mol.